The standard InChI is InChI=1S/C34H36N4O7/c1-20-6-7-21(33(42)43)12-28(20)34(44-19-39)26-10-8-24(37-15-22(16-37)31(40)35(2)3)13-29(26)45-30-14-25(9-11-27(30)34)38-17-23(18-38)32(41)36(4)5/h6-14,19,22-23H,15-18H2,1-5H3,(H,42,43). The van der Waals surface area contributed by atoms with E-state index in [1.54, 1.807) is 50.1 Å². The van der Waals surface area contributed by atoms with Crippen molar-refractivity contribution >= 4 is 35.6 Å². The maximum Gasteiger partial charge on any atom is 0.335 e. The number of hydrogen-bond donors (Lipinski definition) is 1. The lowest BCUT2D eigenvalue weighted by Crippen LogP contribution is -2.53. The Hall–Kier alpha value is -5.06. The summed E-state index contributed by atoms with van der Waals surface area (Å²) < 4.78 is 12.6. The summed E-state index contributed by atoms with van der Waals surface area (Å²) in [6, 6.07) is 16.0. The molecule has 3 aliphatic rings. The molecule has 0 aliphatic carbocycles. The van der Waals surface area contributed by atoms with Gasteiger partial charge >= 0.3 is 5.97 Å². The average Bonchev–Trinajstić information content (AvgIpc) is 2.95. The van der Waals surface area contributed by atoms with Crippen LogP contribution in [-0.4, -0.2) is 93.5 Å². The second-order valence-electron chi connectivity index (χ2n) is 12.4. The number of hydrogen-bond acceptors (Lipinski definition) is 8. The zero-order chi connectivity index (χ0) is 32.2. The van der Waals surface area contributed by atoms with Crippen molar-refractivity contribution in [1.29, 1.82) is 0 Å². The highest BCUT2D eigenvalue weighted by molar-refractivity contribution is 5.88. The molecule has 0 radical (unpaired) electrons. The molecular formula is C34H36N4O7. The summed E-state index contributed by atoms with van der Waals surface area (Å²) in [5.41, 5.74) is 2.57. The minimum atomic E-state index is -1.51. The molecule has 0 unspecified atom stereocenters. The summed E-state index contributed by atoms with van der Waals surface area (Å²) >= 11 is 0. The van der Waals surface area contributed by atoms with Crippen molar-refractivity contribution in [3.63, 3.8) is 0 Å². The zero-order valence-corrected chi connectivity index (χ0v) is 25.9. The van der Waals surface area contributed by atoms with Crippen LogP contribution in [0.2, 0.25) is 0 Å². The van der Waals surface area contributed by atoms with E-state index in [1.807, 2.05) is 43.3 Å². The highest BCUT2D eigenvalue weighted by Gasteiger charge is 2.48. The van der Waals surface area contributed by atoms with Crippen molar-refractivity contribution in [1.82, 2.24) is 9.80 Å². The van der Waals surface area contributed by atoms with Crippen molar-refractivity contribution in [3.05, 3.63) is 82.4 Å². The molecule has 6 rings (SSSR count). The first kappa shape index (κ1) is 30.0. The monoisotopic (exact) mass is 612 g/mol. The molecule has 0 spiro atoms. The molecule has 3 heterocycles. The molecule has 0 atom stereocenters. The minimum Gasteiger partial charge on any atom is -0.478 e. The Kier molecular flexibility index (Phi) is 7.42. The van der Waals surface area contributed by atoms with Gasteiger partial charge in [-0.2, -0.15) is 0 Å². The van der Waals surface area contributed by atoms with Gasteiger partial charge in [0.25, 0.3) is 6.47 Å². The van der Waals surface area contributed by atoms with Crippen molar-refractivity contribution in [3.8, 4) is 11.5 Å². The lowest BCUT2D eigenvalue weighted by Gasteiger charge is -2.44. The molecule has 45 heavy (non-hydrogen) atoms. The number of carbonyl (C=O) groups is 4. The number of rotatable bonds is 8. The van der Waals surface area contributed by atoms with Crippen LogP contribution in [0.25, 0.3) is 0 Å². The van der Waals surface area contributed by atoms with E-state index in [1.165, 1.54) is 6.07 Å². The zero-order valence-electron chi connectivity index (χ0n) is 25.9. The molecule has 2 fully saturated rings. The van der Waals surface area contributed by atoms with Crippen molar-refractivity contribution < 1.29 is 33.8 Å². The van der Waals surface area contributed by atoms with Gasteiger partial charge < -0.3 is 34.2 Å². The van der Waals surface area contributed by atoms with Gasteiger partial charge in [0.15, 0.2) is 5.60 Å². The summed E-state index contributed by atoms with van der Waals surface area (Å²) in [6.45, 7) is 4.48. The summed E-state index contributed by atoms with van der Waals surface area (Å²) in [6.07, 6.45) is 0. The van der Waals surface area contributed by atoms with Gasteiger partial charge in [0, 0.05) is 94.6 Å². The van der Waals surface area contributed by atoms with Gasteiger partial charge in [-0.1, -0.05) is 6.07 Å². The lowest BCUT2D eigenvalue weighted by molar-refractivity contribution is -0.138. The van der Waals surface area contributed by atoms with Gasteiger partial charge in [0.05, 0.1) is 17.4 Å². The van der Waals surface area contributed by atoms with Gasteiger partial charge in [-0.05, 0) is 48.9 Å². The largest absolute Gasteiger partial charge is 0.478 e. The quantitative estimate of drug-likeness (QED) is 0.382. The van der Waals surface area contributed by atoms with Crippen molar-refractivity contribution in [2.24, 2.45) is 11.8 Å². The average molecular weight is 613 g/mol. The fourth-order valence-electron chi connectivity index (χ4n) is 6.54. The highest BCUT2D eigenvalue weighted by atomic mass is 16.5. The Bertz CT molecular complexity index is 1620. The second kappa shape index (κ2) is 11.1. The Labute approximate surface area is 261 Å². The smallest absolute Gasteiger partial charge is 0.335 e. The van der Waals surface area contributed by atoms with E-state index in [2.05, 4.69) is 9.80 Å². The number of carbonyl (C=O) groups excluding carboxylic acids is 3. The molecule has 11 nitrogen and oxygen atoms in total. The van der Waals surface area contributed by atoms with Crippen LogP contribution in [0.1, 0.15) is 32.6 Å². The number of benzene rings is 3. The number of amides is 2. The van der Waals surface area contributed by atoms with Gasteiger partial charge in [0.2, 0.25) is 11.8 Å². The van der Waals surface area contributed by atoms with Crippen molar-refractivity contribution in [2.45, 2.75) is 12.5 Å². The summed E-state index contributed by atoms with van der Waals surface area (Å²) in [4.78, 5) is 56.6. The molecule has 1 N–H and O–H groups in total. The third kappa shape index (κ3) is 4.92. The maximum absolute atomic E-state index is 12.5. The van der Waals surface area contributed by atoms with Crippen LogP contribution in [0.5, 0.6) is 11.5 Å². The predicted octanol–water partition coefficient (Wildman–Crippen LogP) is 3.31. The van der Waals surface area contributed by atoms with Gasteiger partial charge in [-0.3, -0.25) is 14.4 Å². The van der Waals surface area contributed by atoms with E-state index in [4.69, 9.17) is 9.47 Å². The topological polar surface area (TPSA) is 120 Å². The molecule has 3 aromatic rings. The Balaban J connectivity index is 1.45. The van der Waals surface area contributed by atoms with Crippen LogP contribution >= 0.6 is 0 Å². The van der Waals surface area contributed by atoms with Crippen molar-refractivity contribution in [2.75, 3.05) is 64.2 Å². The number of carboxylic acid groups (broad SMARTS) is 1. The first-order valence-electron chi connectivity index (χ1n) is 14.8. The van der Waals surface area contributed by atoms with Crippen LogP contribution in [0.4, 0.5) is 11.4 Å². The predicted molar refractivity (Wildman–Crippen MR) is 167 cm³/mol. The molecule has 234 valence electrons. The molecule has 0 saturated carbocycles. The van der Waals surface area contributed by atoms with Crippen LogP contribution in [0.3, 0.4) is 0 Å². The minimum absolute atomic E-state index is 0.0571. The molecule has 3 aliphatic heterocycles. The van der Waals surface area contributed by atoms with E-state index in [-0.39, 0.29) is 29.2 Å². The number of ether oxygens (including phenoxy) is 2. The number of anilines is 2. The van der Waals surface area contributed by atoms with E-state index in [9.17, 15) is 24.3 Å². The molecule has 0 bridgehead atoms. The number of aromatic carboxylic acids is 1. The number of aryl methyl sites for hydroxylation is 1. The molecular weight excluding hydrogens is 576 g/mol. The summed E-state index contributed by atoms with van der Waals surface area (Å²) in [5, 5.41) is 9.85. The fraction of sp³-hybridized carbons (Fsp3) is 0.353. The van der Waals surface area contributed by atoms with E-state index in [0.29, 0.717) is 60.8 Å². The van der Waals surface area contributed by atoms with Gasteiger partial charge in [-0.25, -0.2) is 4.79 Å². The van der Waals surface area contributed by atoms with Crippen LogP contribution in [-0.2, 0) is 24.7 Å². The molecule has 3 aromatic carbocycles. The van der Waals surface area contributed by atoms with Gasteiger partial charge in [-0.15, -0.1) is 0 Å². The highest BCUT2D eigenvalue weighted by Crippen LogP contribution is 2.55. The Morgan fingerprint density at radius 3 is 1.71 bits per heavy atom. The Morgan fingerprint density at radius 1 is 0.800 bits per heavy atom. The molecule has 2 amide bonds. The third-order valence-electron chi connectivity index (χ3n) is 9.07. The van der Waals surface area contributed by atoms with Crippen LogP contribution in [0.15, 0.2) is 54.6 Å². The van der Waals surface area contributed by atoms with Crippen LogP contribution < -0.4 is 14.5 Å². The lowest BCUT2D eigenvalue weighted by atomic mass is 9.75. The summed E-state index contributed by atoms with van der Waals surface area (Å²) in [7, 11) is 6.99. The van der Waals surface area contributed by atoms with E-state index < -0.39 is 11.6 Å². The third-order valence-corrected chi connectivity index (χ3v) is 9.07. The second-order valence-corrected chi connectivity index (χ2v) is 12.4. The summed E-state index contributed by atoms with van der Waals surface area (Å²) in [5.74, 6) is -0.242. The normalized spacial score (nSPS) is 16.7. The fourth-order valence-corrected chi connectivity index (χ4v) is 6.54. The first-order chi connectivity index (χ1) is 21.4. The number of carboxylic acids is 1. The van der Waals surface area contributed by atoms with Crippen LogP contribution in [0, 0.1) is 18.8 Å². The maximum atomic E-state index is 12.5. The first-order valence-corrected chi connectivity index (χ1v) is 14.8. The van der Waals surface area contributed by atoms with E-state index >= 15 is 0 Å². The Morgan fingerprint density at radius 2 is 1.29 bits per heavy atom. The molecule has 11 heteroatoms. The molecule has 0 aromatic heterocycles. The van der Waals surface area contributed by atoms with E-state index in [0.717, 1.165) is 16.9 Å². The number of nitrogens with zero attached hydrogens (tertiary/aromatic N) is 4. The number of fused-ring (bicyclic) bond motifs is 2. The SMILES string of the molecule is Cc1ccc(C(=O)O)cc1C1(OC=O)c2ccc(N3CC(C(=O)N(C)C)C3)cc2Oc2cc(N3CC(C(=O)N(C)C)C3)ccc21. The van der Waals surface area contributed by atoms with Gasteiger partial charge in [0.1, 0.15) is 11.5 Å². The molecule has 2 saturated heterocycles.